The third-order valence-electron chi connectivity index (χ3n) is 15.3. The molecule has 0 N–H and O–H groups in total. The van der Waals surface area contributed by atoms with Crippen LogP contribution in [-0.2, 0) is 28.6 Å². The fourth-order valence-corrected chi connectivity index (χ4v) is 10.2. The molecule has 6 heteroatoms. The zero-order valence-electron chi connectivity index (χ0n) is 51.7. The number of rotatable bonds is 63. The maximum absolute atomic E-state index is 12.9. The van der Waals surface area contributed by atoms with E-state index >= 15 is 0 Å². The molecule has 0 aliphatic carbocycles. The first-order valence-electron chi connectivity index (χ1n) is 34.1. The van der Waals surface area contributed by atoms with Crippen LogP contribution in [0.5, 0.6) is 0 Å². The van der Waals surface area contributed by atoms with E-state index in [1.807, 2.05) is 0 Å². The number of unbranched alkanes of at least 4 members (excludes halogenated alkanes) is 44. The van der Waals surface area contributed by atoms with Crippen molar-refractivity contribution in [1.29, 1.82) is 0 Å². The summed E-state index contributed by atoms with van der Waals surface area (Å²) in [6, 6.07) is 0. The fraction of sp³-hybridized carbons (Fsp3) is 0.845. The summed E-state index contributed by atoms with van der Waals surface area (Å²) in [7, 11) is 0. The molecule has 0 aromatic rings. The Morgan fingerprint density at radius 1 is 0.260 bits per heavy atom. The van der Waals surface area contributed by atoms with Crippen molar-refractivity contribution >= 4 is 17.9 Å². The molecule has 0 fully saturated rings. The Morgan fingerprint density at radius 2 is 0.468 bits per heavy atom. The van der Waals surface area contributed by atoms with Gasteiger partial charge in [0.25, 0.3) is 0 Å². The van der Waals surface area contributed by atoms with E-state index in [0.29, 0.717) is 19.3 Å². The van der Waals surface area contributed by atoms with E-state index in [0.717, 1.165) is 77.0 Å². The van der Waals surface area contributed by atoms with Crippen molar-refractivity contribution < 1.29 is 28.6 Å². The minimum Gasteiger partial charge on any atom is -0.462 e. The lowest BCUT2D eigenvalue weighted by Crippen LogP contribution is -2.30. The van der Waals surface area contributed by atoms with E-state index in [1.165, 1.54) is 250 Å². The van der Waals surface area contributed by atoms with Crippen molar-refractivity contribution in [1.82, 2.24) is 0 Å². The number of esters is 3. The lowest BCUT2D eigenvalue weighted by Gasteiger charge is -2.18. The number of ether oxygens (including phenoxy) is 3. The summed E-state index contributed by atoms with van der Waals surface area (Å²) in [6.45, 7) is 6.68. The van der Waals surface area contributed by atoms with Gasteiger partial charge in [-0.1, -0.05) is 313 Å². The van der Waals surface area contributed by atoms with Gasteiger partial charge in [-0.2, -0.15) is 0 Å². The number of hydrogen-bond acceptors (Lipinski definition) is 6. The van der Waals surface area contributed by atoms with E-state index in [1.54, 1.807) is 0 Å². The second-order valence-corrected chi connectivity index (χ2v) is 23.1. The summed E-state index contributed by atoms with van der Waals surface area (Å²) >= 11 is 0. The molecule has 0 aromatic carbocycles. The van der Waals surface area contributed by atoms with Crippen molar-refractivity contribution in [2.24, 2.45) is 0 Å². The van der Waals surface area contributed by atoms with Crippen molar-refractivity contribution in [2.75, 3.05) is 13.2 Å². The SMILES string of the molecule is CCCCCCC/C=C\C/C=C\C/C=C\CCCCCCCCCCC(=O)OCC(COC(=O)CCCCCCCCCCCCCCCCC)OC(=O)CCCCCCCCCCC/C=C\CCCCCCCCCC. The lowest BCUT2D eigenvalue weighted by molar-refractivity contribution is -0.167. The van der Waals surface area contributed by atoms with E-state index in [2.05, 4.69) is 69.4 Å². The van der Waals surface area contributed by atoms with Crippen LogP contribution in [-0.4, -0.2) is 37.2 Å². The molecule has 6 nitrogen and oxygen atoms in total. The molecular formula is C71H130O6. The molecule has 0 bridgehead atoms. The van der Waals surface area contributed by atoms with Crippen LogP contribution in [0.4, 0.5) is 0 Å². The third-order valence-corrected chi connectivity index (χ3v) is 15.3. The third kappa shape index (κ3) is 64.1. The van der Waals surface area contributed by atoms with Crippen LogP contribution in [0.1, 0.15) is 367 Å². The second-order valence-electron chi connectivity index (χ2n) is 23.1. The molecule has 0 aliphatic rings. The fourth-order valence-electron chi connectivity index (χ4n) is 10.2. The van der Waals surface area contributed by atoms with E-state index in [4.69, 9.17) is 14.2 Å². The quantitative estimate of drug-likeness (QED) is 0.0261. The Kier molecular flexibility index (Phi) is 63.6. The molecule has 1 atom stereocenters. The van der Waals surface area contributed by atoms with Gasteiger partial charge in [-0.3, -0.25) is 14.4 Å². The first-order valence-corrected chi connectivity index (χ1v) is 34.1. The van der Waals surface area contributed by atoms with Gasteiger partial charge >= 0.3 is 17.9 Å². The van der Waals surface area contributed by atoms with Crippen molar-refractivity contribution in [3.63, 3.8) is 0 Å². The van der Waals surface area contributed by atoms with Gasteiger partial charge in [0.2, 0.25) is 0 Å². The second kappa shape index (κ2) is 65.9. The standard InChI is InChI=1S/C71H130O6/c1-4-7-10-13-16-19-22-25-28-30-32-34-35-37-38-40-43-46-49-52-55-58-61-64-70(73)76-67-68(66-75-69(72)63-60-57-54-51-48-45-42-27-24-21-18-15-12-9-6-3)77-71(74)65-62-59-56-53-50-47-44-41-39-36-33-31-29-26-23-20-17-14-11-8-5-2/h22,25,30-33,35,37,68H,4-21,23-24,26-29,34,36,38-67H2,1-3H3/b25-22-,32-30-,33-31-,37-35-. The summed E-state index contributed by atoms with van der Waals surface area (Å²) in [5, 5.41) is 0. The van der Waals surface area contributed by atoms with Gasteiger partial charge in [0.15, 0.2) is 6.10 Å². The first kappa shape index (κ1) is 74.4. The molecule has 0 aromatic heterocycles. The topological polar surface area (TPSA) is 78.9 Å². The smallest absolute Gasteiger partial charge is 0.306 e. The van der Waals surface area contributed by atoms with Crippen LogP contribution in [0.25, 0.3) is 0 Å². The molecule has 0 amide bonds. The highest BCUT2D eigenvalue weighted by Gasteiger charge is 2.19. The maximum atomic E-state index is 12.9. The van der Waals surface area contributed by atoms with Gasteiger partial charge in [0.05, 0.1) is 0 Å². The van der Waals surface area contributed by atoms with Crippen LogP contribution in [0.2, 0.25) is 0 Å². The highest BCUT2D eigenvalue weighted by molar-refractivity contribution is 5.71. The Bertz CT molecular complexity index is 1330. The predicted octanol–water partition coefficient (Wildman–Crippen LogP) is 23.3. The largest absolute Gasteiger partial charge is 0.462 e. The zero-order chi connectivity index (χ0) is 55.7. The summed E-state index contributed by atoms with van der Waals surface area (Å²) in [6.07, 6.45) is 82.6. The van der Waals surface area contributed by atoms with Crippen molar-refractivity contribution in [3.05, 3.63) is 48.6 Å². The molecule has 0 aliphatic heterocycles. The van der Waals surface area contributed by atoms with Crippen LogP contribution in [0, 0.1) is 0 Å². The summed E-state index contributed by atoms with van der Waals surface area (Å²) in [5.74, 6) is -0.857. The van der Waals surface area contributed by atoms with Gasteiger partial charge in [-0.05, 0) is 83.5 Å². The van der Waals surface area contributed by atoms with E-state index in [-0.39, 0.29) is 31.1 Å². The predicted molar refractivity (Wildman–Crippen MR) is 335 cm³/mol. The van der Waals surface area contributed by atoms with Crippen LogP contribution >= 0.6 is 0 Å². The number of carbonyl (C=O) groups is 3. The molecule has 0 radical (unpaired) electrons. The lowest BCUT2D eigenvalue weighted by atomic mass is 10.0. The van der Waals surface area contributed by atoms with Crippen molar-refractivity contribution in [2.45, 2.75) is 374 Å². The number of allylic oxidation sites excluding steroid dienone is 8. The van der Waals surface area contributed by atoms with E-state index < -0.39 is 6.10 Å². The molecule has 0 saturated heterocycles. The molecule has 0 heterocycles. The molecule has 0 spiro atoms. The zero-order valence-corrected chi connectivity index (χ0v) is 51.7. The van der Waals surface area contributed by atoms with Crippen LogP contribution < -0.4 is 0 Å². The number of carbonyl (C=O) groups excluding carboxylic acids is 3. The van der Waals surface area contributed by atoms with E-state index in [9.17, 15) is 14.4 Å². The van der Waals surface area contributed by atoms with Gasteiger partial charge in [-0.15, -0.1) is 0 Å². The average molecular weight is 1080 g/mol. The van der Waals surface area contributed by atoms with Gasteiger partial charge in [0, 0.05) is 19.3 Å². The van der Waals surface area contributed by atoms with Gasteiger partial charge in [-0.25, -0.2) is 0 Å². The highest BCUT2D eigenvalue weighted by Crippen LogP contribution is 2.17. The Hall–Kier alpha value is -2.63. The van der Waals surface area contributed by atoms with Gasteiger partial charge in [0.1, 0.15) is 13.2 Å². The number of hydrogen-bond donors (Lipinski definition) is 0. The molecule has 450 valence electrons. The van der Waals surface area contributed by atoms with Crippen LogP contribution in [0.3, 0.4) is 0 Å². The Morgan fingerprint density at radius 3 is 0.740 bits per heavy atom. The highest BCUT2D eigenvalue weighted by atomic mass is 16.6. The van der Waals surface area contributed by atoms with Crippen molar-refractivity contribution in [3.8, 4) is 0 Å². The molecule has 1 unspecified atom stereocenters. The Balaban J connectivity index is 4.33. The first-order chi connectivity index (χ1) is 38.0. The monoisotopic (exact) mass is 1080 g/mol. The Labute approximate surface area is 479 Å². The normalized spacial score (nSPS) is 12.3. The molecule has 77 heavy (non-hydrogen) atoms. The molecule has 0 saturated carbocycles. The minimum atomic E-state index is -0.777. The summed E-state index contributed by atoms with van der Waals surface area (Å²) in [5.41, 5.74) is 0. The molecule has 0 rings (SSSR count). The summed E-state index contributed by atoms with van der Waals surface area (Å²) in [4.78, 5) is 38.4. The van der Waals surface area contributed by atoms with Gasteiger partial charge < -0.3 is 14.2 Å². The maximum Gasteiger partial charge on any atom is 0.306 e. The minimum absolute atomic E-state index is 0.0722. The van der Waals surface area contributed by atoms with Crippen LogP contribution in [0.15, 0.2) is 48.6 Å². The summed E-state index contributed by atoms with van der Waals surface area (Å²) < 4.78 is 17.0. The molecular weight excluding hydrogens is 949 g/mol. The average Bonchev–Trinajstić information content (AvgIpc) is 3.43.